The van der Waals surface area contributed by atoms with Crippen molar-refractivity contribution in [3.05, 3.63) is 29.6 Å². The molecule has 0 aliphatic carbocycles. The monoisotopic (exact) mass is 167 g/mol. The summed E-state index contributed by atoms with van der Waals surface area (Å²) < 4.78 is 23.8. The summed E-state index contributed by atoms with van der Waals surface area (Å²) in [7, 11) is 1.88. The summed E-state index contributed by atoms with van der Waals surface area (Å²) in [5, 5.41) is 0. The van der Waals surface area contributed by atoms with E-state index in [1.807, 2.05) is 17.7 Å². The fourth-order valence-electron chi connectivity index (χ4n) is 1.39. The molecular weight excluding hydrogens is 146 g/mol. The molecule has 0 atom stereocenters. The van der Waals surface area contributed by atoms with Crippen molar-refractivity contribution in [1.29, 1.82) is 0 Å². The topological polar surface area (TPSA) is 3.88 Å². The Morgan fingerprint density at radius 1 is 1.33 bits per heavy atom. The fraction of sp³-hybridized carbons (Fsp3) is 0.545. The van der Waals surface area contributed by atoms with E-state index >= 15 is 0 Å². The Morgan fingerprint density at radius 3 is 2.42 bits per heavy atom. The van der Waals surface area contributed by atoms with Crippen LogP contribution >= 0.6 is 0 Å². The molecule has 0 bridgehead atoms. The lowest BCUT2D eigenvalue weighted by atomic mass is 9.91. The van der Waals surface area contributed by atoms with E-state index in [0.717, 1.165) is 5.69 Å². The van der Waals surface area contributed by atoms with Gasteiger partial charge in [-0.3, -0.25) is 0 Å². The van der Waals surface area contributed by atoms with Gasteiger partial charge < -0.3 is 0 Å². The van der Waals surface area contributed by atoms with E-state index in [-0.39, 0.29) is 5.41 Å². The van der Waals surface area contributed by atoms with E-state index in [1.165, 1.54) is 0 Å². The first kappa shape index (κ1) is 5.74. The molecule has 1 heteroatoms. The van der Waals surface area contributed by atoms with Crippen molar-refractivity contribution in [2.45, 2.75) is 33.0 Å². The highest BCUT2D eigenvalue weighted by Crippen LogP contribution is 2.17. The van der Waals surface area contributed by atoms with Gasteiger partial charge in [0.2, 0.25) is 0 Å². The van der Waals surface area contributed by atoms with Gasteiger partial charge in [0.1, 0.15) is 7.05 Å². The van der Waals surface area contributed by atoms with Gasteiger partial charge in [0, 0.05) is 21.2 Å². The van der Waals surface area contributed by atoms with Crippen LogP contribution in [0.1, 0.15) is 36.1 Å². The number of rotatable bonds is 0. The minimum atomic E-state index is -2.02. The van der Waals surface area contributed by atoms with E-state index in [9.17, 15) is 0 Å². The molecule has 0 radical (unpaired) electrons. The second-order valence-electron chi connectivity index (χ2n) is 4.16. The molecule has 1 aromatic heterocycles. The van der Waals surface area contributed by atoms with Crippen LogP contribution in [0.2, 0.25) is 0 Å². The molecule has 0 amide bonds. The van der Waals surface area contributed by atoms with E-state index in [2.05, 4.69) is 20.8 Å². The zero-order chi connectivity index (χ0) is 11.9. The Labute approximate surface area is 79.3 Å². The van der Waals surface area contributed by atoms with Crippen molar-refractivity contribution in [3.8, 4) is 0 Å². The Hall–Kier alpha value is -0.850. The van der Waals surface area contributed by atoms with Gasteiger partial charge >= 0.3 is 0 Å². The molecule has 1 nitrogen and oxygen atoms in total. The van der Waals surface area contributed by atoms with Crippen LogP contribution in [0.25, 0.3) is 0 Å². The Morgan fingerprint density at radius 2 is 2.00 bits per heavy atom. The smallest absolute Gasteiger partial charge is 0.186 e. The minimum Gasteiger partial charge on any atom is -0.204 e. The van der Waals surface area contributed by atoms with Crippen molar-refractivity contribution in [3.63, 3.8) is 0 Å². The first-order valence-corrected chi connectivity index (χ1v) is 4.13. The molecule has 0 saturated carbocycles. The highest BCUT2D eigenvalue weighted by molar-refractivity contribution is 5.12. The van der Waals surface area contributed by atoms with Crippen LogP contribution < -0.4 is 4.57 Å². The van der Waals surface area contributed by atoms with Crippen LogP contribution in [0.5, 0.6) is 0 Å². The summed E-state index contributed by atoms with van der Waals surface area (Å²) in [6, 6.07) is 3.58. The van der Waals surface area contributed by atoms with Crippen molar-refractivity contribution < 1.29 is 8.68 Å². The van der Waals surface area contributed by atoms with Crippen molar-refractivity contribution in [2.24, 2.45) is 7.05 Å². The number of aryl methyl sites for hydroxylation is 2. The second kappa shape index (κ2) is 2.89. The highest BCUT2D eigenvalue weighted by atomic mass is 14.9. The van der Waals surface area contributed by atoms with Crippen LogP contribution in [0.15, 0.2) is 18.3 Å². The summed E-state index contributed by atoms with van der Waals surface area (Å²) in [4.78, 5) is 0. The summed E-state index contributed by atoms with van der Waals surface area (Å²) in [5.74, 6) is 0. The van der Waals surface area contributed by atoms with E-state index in [0.29, 0.717) is 5.56 Å². The molecule has 0 unspecified atom stereocenters. The average molecular weight is 167 g/mol. The van der Waals surface area contributed by atoms with Crippen molar-refractivity contribution >= 4 is 0 Å². The molecule has 0 aliphatic heterocycles. The molecular formula is C11H18N+. The van der Waals surface area contributed by atoms with Gasteiger partial charge in [-0.15, -0.1) is 0 Å². The summed E-state index contributed by atoms with van der Waals surface area (Å²) in [5.41, 5.74) is 1.54. The van der Waals surface area contributed by atoms with Crippen molar-refractivity contribution in [2.75, 3.05) is 0 Å². The fourth-order valence-corrected chi connectivity index (χ4v) is 1.39. The first-order valence-electron chi connectivity index (χ1n) is 5.63. The molecule has 1 heterocycles. The SMILES string of the molecule is [2H]C([2H])([2H])c1ccc(C(C)(C)C)[n+](C)c1. The summed E-state index contributed by atoms with van der Waals surface area (Å²) >= 11 is 0. The molecule has 0 spiro atoms. The predicted molar refractivity (Wildman–Crippen MR) is 51.1 cm³/mol. The lowest BCUT2D eigenvalue weighted by Crippen LogP contribution is -2.39. The maximum absolute atomic E-state index is 7.32. The molecule has 1 rings (SSSR count). The number of nitrogens with zero attached hydrogens (tertiary/aromatic N) is 1. The predicted octanol–water partition coefficient (Wildman–Crippen LogP) is 2.12. The number of hydrogen-bond acceptors (Lipinski definition) is 0. The zero-order valence-electron chi connectivity index (χ0n) is 11.2. The second-order valence-corrected chi connectivity index (χ2v) is 4.16. The number of pyridine rings is 1. The van der Waals surface area contributed by atoms with Crippen LogP contribution in [0, 0.1) is 6.85 Å². The van der Waals surface area contributed by atoms with E-state index in [1.54, 1.807) is 12.3 Å². The Balaban J connectivity index is 3.21. The Kier molecular flexibility index (Phi) is 1.38. The standard InChI is InChI=1S/C11H18N/c1-9-6-7-10(11(2,3)4)12(5)8-9/h6-8H,1-5H3/q+1/i1D3. The summed E-state index contributed by atoms with van der Waals surface area (Å²) in [6.07, 6.45) is 1.69. The lowest BCUT2D eigenvalue weighted by Gasteiger charge is -2.15. The van der Waals surface area contributed by atoms with Crippen LogP contribution in [0.4, 0.5) is 0 Å². The van der Waals surface area contributed by atoms with Gasteiger partial charge in [-0.1, -0.05) is 20.8 Å². The zero-order valence-corrected chi connectivity index (χ0v) is 8.18. The van der Waals surface area contributed by atoms with Gasteiger partial charge in [0.05, 0.1) is 0 Å². The third kappa shape index (κ3) is 1.84. The van der Waals surface area contributed by atoms with Crippen molar-refractivity contribution in [1.82, 2.24) is 0 Å². The first-order chi connectivity index (χ1) is 6.62. The lowest BCUT2D eigenvalue weighted by molar-refractivity contribution is -0.682. The van der Waals surface area contributed by atoms with Gasteiger partial charge in [0.25, 0.3) is 0 Å². The average Bonchev–Trinajstić information content (AvgIpc) is 1.99. The third-order valence-corrected chi connectivity index (χ3v) is 1.90. The molecule has 0 saturated heterocycles. The molecule has 0 fully saturated rings. The van der Waals surface area contributed by atoms with Gasteiger partial charge in [0.15, 0.2) is 11.9 Å². The molecule has 0 aliphatic rings. The summed E-state index contributed by atoms with van der Waals surface area (Å²) in [6.45, 7) is 4.31. The van der Waals surface area contributed by atoms with E-state index < -0.39 is 6.85 Å². The van der Waals surface area contributed by atoms with Crippen LogP contribution in [0.3, 0.4) is 0 Å². The van der Waals surface area contributed by atoms with Gasteiger partial charge in [-0.05, 0) is 12.9 Å². The minimum absolute atomic E-state index is 0.0298. The Bertz CT molecular complexity index is 361. The van der Waals surface area contributed by atoms with Gasteiger partial charge in [-0.25, -0.2) is 4.57 Å². The van der Waals surface area contributed by atoms with Crippen LogP contribution in [-0.4, -0.2) is 0 Å². The van der Waals surface area contributed by atoms with E-state index in [4.69, 9.17) is 4.11 Å². The largest absolute Gasteiger partial charge is 0.204 e. The number of aromatic nitrogens is 1. The highest BCUT2D eigenvalue weighted by Gasteiger charge is 2.22. The quantitative estimate of drug-likeness (QED) is 0.521. The molecule has 66 valence electrons. The van der Waals surface area contributed by atoms with Gasteiger partial charge in [-0.2, -0.15) is 0 Å². The van der Waals surface area contributed by atoms with Crippen LogP contribution in [-0.2, 0) is 12.5 Å². The normalized spacial score (nSPS) is 16.5. The number of hydrogen-bond donors (Lipinski definition) is 0. The molecule has 0 N–H and O–H groups in total. The molecule has 1 aromatic rings. The molecule has 0 aromatic carbocycles. The third-order valence-electron chi connectivity index (χ3n) is 1.90. The molecule has 12 heavy (non-hydrogen) atoms. The maximum Gasteiger partial charge on any atom is 0.186 e. The maximum atomic E-state index is 7.32.